The summed E-state index contributed by atoms with van der Waals surface area (Å²) in [7, 11) is 0. The third kappa shape index (κ3) is 4.21. The number of likely N-dealkylation sites (tertiary alicyclic amines) is 1. The molecule has 8 heteroatoms. The second kappa shape index (κ2) is 8.37. The lowest BCUT2D eigenvalue weighted by Gasteiger charge is -2.35. The van der Waals surface area contributed by atoms with Crippen molar-refractivity contribution in [2.45, 2.75) is 57.5 Å². The van der Waals surface area contributed by atoms with E-state index in [4.69, 9.17) is 9.84 Å². The van der Waals surface area contributed by atoms with Crippen LogP contribution in [0, 0.1) is 0 Å². The second-order valence-electron chi connectivity index (χ2n) is 8.50. The van der Waals surface area contributed by atoms with Gasteiger partial charge in [-0.1, -0.05) is 6.07 Å². The van der Waals surface area contributed by atoms with Gasteiger partial charge in [-0.25, -0.2) is 0 Å². The number of nitrogens with one attached hydrogen (secondary N) is 2. The van der Waals surface area contributed by atoms with Gasteiger partial charge < -0.3 is 20.5 Å². The molecule has 2 atom stereocenters. The summed E-state index contributed by atoms with van der Waals surface area (Å²) in [6.45, 7) is 5.02. The predicted octanol–water partition coefficient (Wildman–Crippen LogP) is 1.28. The Kier molecular flexibility index (Phi) is 5.45. The molecule has 0 unspecified atom stereocenters. The Morgan fingerprint density at radius 1 is 1.23 bits per heavy atom. The van der Waals surface area contributed by atoms with Crippen LogP contribution in [0.5, 0.6) is 5.75 Å². The average Bonchev–Trinajstić information content (AvgIpc) is 2.97. The molecule has 0 spiro atoms. The topological polar surface area (TPSA) is 91.7 Å². The number of aliphatic hydroxyl groups is 1. The van der Waals surface area contributed by atoms with Crippen LogP contribution in [0.1, 0.15) is 36.2 Å². The SMILES string of the molecule is O=C1CCc2ccc(O[C@@H]3CCN(Cc4cc5n(n4)CCCNC5)C[C@H]3O)cc2N1. The Labute approximate surface area is 176 Å². The van der Waals surface area contributed by atoms with Crippen molar-refractivity contribution in [1.29, 1.82) is 0 Å². The molecule has 0 bridgehead atoms. The Morgan fingerprint density at radius 3 is 3.07 bits per heavy atom. The summed E-state index contributed by atoms with van der Waals surface area (Å²) in [6.07, 6.45) is 2.33. The molecule has 1 fully saturated rings. The lowest BCUT2D eigenvalue weighted by atomic mass is 10.0. The van der Waals surface area contributed by atoms with Gasteiger partial charge in [0, 0.05) is 50.9 Å². The number of hydrogen-bond donors (Lipinski definition) is 3. The lowest BCUT2D eigenvalue weighted by molar-refractivity contribution is -0.116. The van der Waals surface area contributed by atoms with E-state index in [-0.39, 0.29) is 12.0 Å². The molecule has 3 aliphatic heterocycles. The minimum Gasteiger partial charge on any atom is -0.488 e. The van der Waals surface area contributed by atoms with Gasteiger partial charge in [0.05, 0.1) is 11.4 Å². The van der Waals surface area contributed by atoms with Crippen LogP contribution in [0.3, 0.4) is 0 Å². The highest BCUT2D eigenvalue weighted by Gasteiger charge is 2.30. The number of aliphatic hydroxyl groups excluding tert-OH is 1. The Balaban J connectivity index is 1.18. The van der Waals surface area contributed by atoms with E-state index in [9.17, 15) is 9.90 Å². The molecule has 0 radical (unpaired) electrons. The number of rotatable bonds is 4. The zero-order valence-electron chi connectivity index (χ0n) is 17.1. The third-order valence-electron chi connectivity index (χ3n) is 6.20. The molecular formula is C22H29N5O3. The summed E-state index contributed by atoms with van der Waals surface area (Å²) in [6, 6.07) is 7.98. The maximum Gasteiger partial charge on any atom is 0.224 e. The number of nitrogens with zero attached hydrogens (tertiary/aromatic N) is 3. The van der Waals surface area contributed by atoms with Crippen LogP contribution in [0.4, 0.5) is 5.69 Å². The Morgan fingerprint density at radius 2 is 2.17 bits per heavy atom. The highest BCUT2D eigenvalue weighted by atomic mass is 16.5. The van der Waals surface area contributed by atoms with Gasteiger partial charge in [0.2, 0.25) is 5.91 Å². The number of fused-ring (bicyclic) bond motifs is 2. The molecule has 0 saturated carbocycles. The van der Waals surface area contributed by atoms with E-state index in [1.807, 2.05) is 18.2 Å². The minimum atomic E-state index is -0.563. The van der Waals surface area contributed by atoms with Crippen molar-refractivity contribution in [2.75, 3.05) is 25.0 Å². The number of carbonyl (C=O) groups is 1. The van der Waals surface area contributed by atoms with Crippen molar-refractivity contribution in [3.63, 3.8) is 0 Å². The number of amides is 1. The van der Waals surface area contributed by atoms with E-state index in [2.05, 4.69) is 26.3 Å². The van der Waals surface area contributed by atoms with Crippen molar-refractivity contribution in [3.05, 3.63) is 41.2 Å². The molecule has 1 aromatic heterocycles. The van der Waals surface area contributed by atoms with E-state index in [0.29, 0.717) is 18.7 Å². The van der Waals surface area contributed by atoms with E-state index < -0.39 is 6.10 Å². The standard InChI is InChI=1S/C22H29N5O3/c28-20-14-26(13-16-10-17-12-23-7-1-8-27(17)25-16)9-6-21(20)30-18-4-2-15-3-5-22(29)24-19(15)11-18/h2,4,10-11,20-21,23,28H,1,3,5-9,12-14H2,(H,24,29)/t20-,21-/m1/s1. The van der Waals surface area contributed by atoms with Crippen LogP contribution in [-0.4, -0.2) is 57.5 Å². The summed E-state index contributed by atoms with van der Waals surface area (Å²) < 4.78 is 8.20. The molecule has 160 valence electrons. The molecule has 0 aliphatic carbocycles. The largest absolute Gasteiger partial charge is 0.488 e. The van der Waals surface area contributed by atoms with Crippen LogP contribution in [-0.2, 0) is 30.8 Å². The monoisotopic (exact) mass is 411 g/mol. The van der Waals surface area contributed by atoms with Crippen LogP contribution in [0.25, 0.3) is 0 Å². The van der Waals surface area contributed by atoms with Crippen molar-refractivity contribution in [1.82, 2.24) is 20.0 Å². The number of aromatic nitrogens is 2. The van der Waals surface area contributed by atoms with Gasteiger partial charge in [-0.15, -0.1) is 0 Å². The van der Waals surface area contributed by atoms with Gasteiger partial charge in [-0.3, -0.25) is 14.4 Å². The molecule has 30 heavy (non-hydrogen) atoms. The van der Waals surface area contributed by atoms with Crippen LogP contribution in [0.15, 0.2) is 24.3 Å². The fourth-order valence-corrected chi connectivity index (χ4v) is 4.58. The molecule has 5 rings (SSSR count). The third-order valence-corrected chi connectivity index (χ3v) is 6.20. The zero-order chi connectivity index (χ0) is 20.5. The minimum absolute atomic E-state index is 0.0420. The van der Waals surface area contributed by atoms with Crippen LogP contribution < -0.4 is 15.4 Å². The van der Waals surface area contributed by atoms with Gasteiger partial charge >= 0.3 is 0 Å². The van der Waals surface area contributed by atoms with Crippen molar-refractivity contribution >= 4 is 11.6 Å². The van der Waals surface area contributed by atoms with E-state index in [1.54, 1.807) is 0 Å². The van der Waals surface area contributed by atoms with Crippen molar-refractivity contribution < 1.29 is 14.6 Å². The number of ether oxygens (including phenoxy) is 1. The number of piperidine rings is 1. The van der Waals surface area contributed by atoms with Crippen molar-refractivity contribution in [2.24, 2.45) is 0 Å². The number of hydrogen-bond acceptors (Lipinski definition) is 6. The van der Waals surface area contributed by atoms with Crippen LogP contribution >= 0.6 is 0 Å². The number of benzene rings is 1. The smallest absolute Gasteiger partial charge is 0.224 e. The first-order valence-electron chi connectivity index (χ1n) is 10.9. The molecule has 1 amide bonds. The average molecular weight is 412 g/mol. The number of β-amino-alcohol motifs (C(OH)–C–C–N with tert-alkyl or cyclic N) is 1. The van der Waals surface area contributed by atoms with Gasteiger partial charge in [-0.2, -0.15) is 5.10 Å². The van der Waals surface area contributed by atoms with Gasteiger partial charge in [-0.05, 0) is 43.5 Å². The first-order valence-corrected chi connectivity index (χ1v) is 10.9. The molecule has 4 heterocycles. The Bertz CT molecular complexity index is 904. The maximum atomic E-state index is 11.6. The summed E-state index contributed by atoms with van der Waals surface area (Å²) in [4.78, 5) is 13.9. The summed E-state index contributed by atoms with van der Waals surface area (Å²) in [5, 5.41) is 21.8. The quantitative estimate of drug-likeness (QED) is 0.702. The molecular weight excluding hydrogens is 382 g/mol. The van der Waals surface area contributed by atoms with Gasteiger partial charge in [0.15, 0.2) is 0 Å². The first-order chi connectivity index (χ1) is 14.6. The summed E-state index contributed by atoms with van der Waals surface area (Å²) in [5.74, 6) is 0.735. The molecule has 8 nitrogen and oxygen atoms in total. The molecule has 2 aromatic rings. The molecule has 3 N–H and O–H groups in total. The Hall–Kier alpha value is -2.42. The number of aryl methyl sites for hydroxylation is 2. The normalized spacial score (nSPS) is 24.5. The maximum absolute atomic E-state index is 11.6. The molecule has 1 aromatic carbocycles. The van der Waals surface area contributed by atoms with Crippen molar-refractivity contribution in [3.8, 4) is 5.75 Å². The highest BCUT2D eigenvalue weighted by molar-refractivity contribution is 5.94. The summed E-state index contributed by atoms with van der Waals surface area (Å²) >= 11 is 0. The van der Waals surface area contributed by atoms with Crippen LogP contribution in [0.2, 0.25) is 0 Å². The predicted molar refractivity (Wildman–Crippen MR) is 112 cm³/mol. The van der Waals surface area contributed by atoms with E-state index >= 15 is 0 Å². The van der Waals surface area contributed by atoms with Gasteiger partial charge in [0.1, 0.15) is 18.0 Å². The zero-order valence-corrected chi connectivity index (χ0v) is 17.1. The second-order valence-corrected chi connectivity index (χ2v) is 8.50. The first kappa shape index (κ1) is 19.5. The number of carbonyl (C=O) groups excluding carboxylic acids is 1. The fourth-order valence-electron chi connectivity index (χ4n) is 4.58. The summed E-state index contributed by atoms with van der Waals surface area (Å²) in [5.41, 5.74) is 4.25. The molecule has 3 aliphatic rings. The lowest BCUT2D eigenvalue weighted by Crippen LogP contribution is -2.48. The van der Waals surface area contributed by atoms with E-state index in [1.165, 1.54) is 5.69 Å². The molecule has 1 saturated heterocycles. The highest BCUT2D eigenvalue weighted by Crippen LogP contribution is 2.29. The number of anilines is 1. The van der Waals surface area contributed by atoms with E-state index in [0.717, 1.165) is 68.9 Å². The fraction of sp³-hybridized carbons (Fsp3) is 0.545. The van der Waals surface area contributed by atoms with Gasteiger partial charge in [0.25, 0.3) is 0 Å².